The standard InChI is InChI=1S/C19H16ClN3O3/c1-12-5-4-8-18(22-12)23-19(25)15-9-16(24)17(10-21-15)26-11-13-6-2-3-7-14(13)20/h2-10H,11H2,1H3,(H,21,24)(H,22,23,25). The summed E-state index contributed by atoms with van der Waals surface area (Å²) >= 11 is 6.06. The normalized spacial score (nSPS) is 10.4. The van der Waals surface area contributed by atoms with Gasteiger partial charge in [-0.2, -0.15) is 0 Å². The Morgan fingerprint density at radius 3 is 2.77 bits per heavy atom. The Balaban J connectivity index is 1.70. The van der Waals surface area contributed by atoms with Crippen LogP contribution in [0.4, 0.5) is 5.82 Å². The van der Waals surface area contributed by atoms with E-state index in [0.717, 1.165) is 11.3 Å². The maximum Gasteiger partial charge on any atom is 0.273 e. The zero-order valence-electron chi connectivity index (χ0n) is 14.0. The number of pyridine rings is 2. The fourth-order valence-corrected chi connectivity index (χ4v) is 2.46. The summed E-state index contributed by atoms with van der Waals surface area (Å²) in [7, 11) is 0. The minimum atomic E-state index is -0.460. The number of ether oxygens (including phenoxy) is 1. The van der Waals surface area contributed by atoms with E-state index < -0.39 is 11.3 Å². The molecule has 3 aromatic rings. The Morgan fingerprint density at radius 1 is 1.23 bits per heavy atom. The summed E-state index contributed by atoms with van der Waals surface area (Å²) in [5.74, 6) is 0.0582. The van der Waals surface area contributed by atoms with Crippen LogP contribution in [0.2, 0.25) is 5.02 Å². The van der Waals surface area contributed by atoms with Crippen LogP contribution in [0.15, 0.2) is 59.5 Å². The summed E-state index contributed by atoms with van der Waals surface area (Å²) in [5, 5.41) is 3.19. The molecule has 132 valence electrons. The highest BCUT2D eigenvalue weighted by Gasteiger charge is 2.11. The Hall–Kier alpha value is -3.12. The van der Waals surface area contributed by atoms with Crippen LogP contribution < -0.4 is 15.5 Å². The first-order valence-corrected chi connectivity index (χ1v) is 8.24. The van der Waals surface area contributed by atoms with Crippen molar-refractivity contribution in [1.82, 2.24) is 9.97 Å². The van der Waals surface area contributed by atoms with Gasteiger partial charge in [0, 0.05) is 28.5 Å². The van der Waals surface area contributed by atoms with Gasteiger partial charge in [0.15, 0.2) is 5.75 Å². The van der Waals surface area contributed by atoms with Gasteiger partial charge in [-0.25, -0.2) is 4.98 Å². The van der Waals surface area contributed by atoms with E-state index in [1.54, 1.807) is 18.2 Å². The number of carbonyl (C=O) groups is 1. The number of amides is 1. The average Bonchev–Trinajstić information content (AvgIpc) is 2.62. The van der Waals surface area contributed by atoms with E-state index >= 15 is 0 Å². The molecule has 0 saturated carbocycles. The largest absolute Gasteiger partial charge is 0.483 e. The molecule has 0 bridgehead atoms. The zero-order chi connectivity index (χ0) is 18.5. The quantitative estimate of drug-likeness (QED) is 0.720. The molecule has 0 aliphatic heterocycles. The van der Waals surface area contributed by atoms with E-state index in [9.17, 15) is 9.59 Å². The number of anilines is 1. The van der Waals surface area contributed by atoms with Crippen LogP contribution in [0.3, 0.4) is 0 Å². The van der Waals surface area contributed by atoms with Crippen LogP contribution in [0.5, 0.6) is 5.75 Å². The molecule has 6 nitrogen and oxygen atoms in total. The van der Waals surface area contributed by atoms with Gasteiger partial charge in [-0.3, -0.25) is 9.59 Å². The third kappa shape index (κ3) is 4.29. The number of nitrogens with zero attached hydrogens (tertiary/aromatic N) is 1. The van der Waals surface area contributed by atoms with Crippen molar-refractivity contribution in [2.45, 2.75) is 13.5 Å². The van der Waals surface area contributed by atoms with E-state index in [0.29, 0.717) is 10.8 Å². The Bertz CT molecular complexity index is 1000. The average molecular weight is 370 g/mol. The Labute approximate surface area is 154 Å². The van der Waals surface area contributed by atoms with E-state index in [2.05, 4.69) is 15.3 Å². The molecule has 0 fully saturated rings. The van der Waals surface area contributed by atoms with Crippen LogP contribution >= 0.6 is 11.6 Å². The number of benzene rings is 1. The molecule has 1 aromatic carbocycles. The Kier molecular flexibility index (Phi) is 5.34. The van der Waals surface area contributed by atoms with E-state index in [4.69, 9.17) is 16.3 Å². The highest BCUT2D eigenvalue weighted by atomic mass is 35.5. The van der Waals surface area contributed by atoms with Gasteiger partial charge in [0.1, 0.15) is 18.1 Å². The van der Waals surface area contributed by atoms with E-state index in [1.807, 2.05) is 31.2 Å². The lowest BCUT2D eigenvalue weighted by Gasteiger charge is -2.08. The van der Waals surface area contributed by atoms with Crippen molar-refractivity contribution < 1.29 is 9.53 Å². The predicted molar refractivity (Wildman–Crippen MR) is 99.8 cm³/mol. The fourth-order valence-electron chi connectivity index (χ4n) is 2.27. The number of aromatic amines is 1. The number of aryl methyl sites for hydroxylation is 1. The molecular formula is C19H16ClN3O3. The number of rotatable bonds is 5. The molecule has 0 aliphatic rings. The van der Waals surface area contributed by atoms with Crippen LogP contribution in [-0.4, -0.2) is 15.9 Å². The first-order valence-electron chi connectivity index (χ1n) is 7.87. The molecule has 26 heavy (non-hydrogen) atoms. The minimum Gasteiger partial charge on any atom is -0.483 e. The zero-order valence-corrected chi connectivity index (χ0v) is 14.7. The smallest absolute Gasteiger partial charge is 0.273 e. The number of carbonyl (C=O) groups excluding carboxylic acids is 1. The number of nitrogens with one attached hydrogen (secondary N) is 2. The molecule has 2 aromatic heterocycles. The lowest BCUT2D eigenvalue weighted by molar-refractivity contribution is 0.102. The molecule has 0 saturated heterocycles. The second-order valence-corrected chi connectivity index (χ2v) is 5.98. The molecule has 0 radical (unpaired) electrons. The molecule has 1 amide bonds. The van der Waals surface area contributed by atoms with Gasteiger partial charge in [0.25, 0.3) is 5.91 Å². The number of aromatic nitrogens is 2. The number of halogens is 1. The lowest BCUT2D eigenvalue weighted by Crippen LogP contribution is -2.18. The minimum absolute atomic E-state index is 0.107. The molecule has 2 N–H and O–H groups in total. The maximum absolute atomic E-state index is 12.2. The van der Waals surface area contributed by atoms with Crippen molar-refractivity contribution in [2.75, 3.05) is 5.32 Å². The summed E-state index contributed by atoms with van der Waals surface area (Å²) in [6.45, 7) is 1.98. The molecule has 7 heteroatoms. The second kappa shape index (κ2) is 7.84. The third-order valence-corrected chi connectivity index (χ3v) is 3.96. The molecule has 0 unspecified atom stereocenters. The molecular weight excluding hydrogens is 354 g/mol. The van der Waals surface area contributed by atoms with Crippen molar-refractivity contribution in [3.63, 3.8) is 0 Å². The Morgan fingerprint density at radius 2 is 2.04 bits per heavy atom. The molecule has 0 aliphatic carbocycles. The lowest BCUT2D eigenvalue weighted by atomic mass is 10.2. The molecule has 0 atom stereocenters. The van der Waals surface area contributed by atoms with Gasteiger partial charge in [-0.05, 0) is 25.1 Å². The van der Waals surface area contributed by atoms with Crippen molar-refractivity contribution in [3.05, 3.63) is 86.9 Å². The topological polar surface area (TPSA) is 84.1 Å². The highest BCUT2D eigenvalue weighted by molar-refractivity contribution is 6.31. The molecule has 0 spiro atoms. The van der Waals surface area contributed by atoms with Crippen molar-refractivity contribution in [3.8, 4) is 5.75 Å². The van der Waals surface area contributed by atoms with E-state index in [1.165, 1.54) is 12.3 Å². The first-order chi connectivity index (χ1) is 12.5. The summed E-state index contributed by atoms with van der Waals surface area (Å²) in [4.78, 5) is 31.4. The van der Waals surface area contributed by atoms with Crippen molar-refractivity contribution >= 4 is 23.3 Å². The van der Waals surface area contributed by atoms with Crippen LogP contribution in [-0.2, 0) is 6.61 Å². The van der Waals surface area contributed by atoms with Crippen LogP contribution in [0.1, 0.15) is 21.7 Å². The van der Waals surface area contributed by atoms with Gasteiger partial charge in [-0.1, -0.05) is 35.9 Å². The predicted octanol–water partition coefficient (Wildman–Crippen LogP) is 3.56. The summed E-state index contributed by atoms with van der Waals surface area (Å²) in [6.07, 6.45) is 1.36. The van der Waals surface area contributed by atoms with Gasteiger partial charge < -0.3 is 15.0 Å². The van der Waals surface area contributed by atoms with Crippen LogP contribution in [0, 0.1) is 6.92 Å². The van der Waals surface area contributed by atoms with Crippen molar-refractivity contribution in [1.29, 1.82) is 0 Å². The van der Waals surface area contributed by atoms with Gasteiger partial charge >= 0.3 is 0 Å². The van der Waals surface area contributed by atoms with Gasteiger partial charge in [-0.15, -0.1) is 0 Å². The van der Waals surface area contributed by atoms with E-state index in [-0.39, 0.29) is 18.1 Å². The highest BCUT2D eigenvalue weighted by Crippen LogP contribution is 2.16. The van der Waals surface area contributed by atoms with Crippen molar-refractivity contribution in [2.24, 2.45) is 0 Å². The van der Waals surface area contributed by atoms with Crippen LogP contribution in [0.25, 0.3) is 0 Å². The summed E-state index contributed by atoms with van der Waals surface area (Å²) in [6, 6.07) is 13.7. The first kappa shape index (κ1) is 17.7. The molecule has 2 heterocycles. The molecule has 3 rings (SSSR count). The number of hydrogen-bond acceptors (Lipinski definition) is 4. The van der Waals surface area contributed by atoms with Gasteiger partial charge in [0.2, 0.25) is 5.43 Å². The fraction of sp³-hybridized carbons (Fsp3) is 0.105. The summed E-state index contributed by atoms with van der Waals surface area (Å²) in [5.41, 5.74) is 1.25. The second-order valence-electron chi connectivity index (χ2n) is 5.57. The number of hydrogen-bond donors (Lipinski definition) is 2. The van der Waals surface area contributed by atoms with Gasteiger partial charge in [0.05, 0.1) is 0 Å². The maximum atomic E-state index is 12.2. The SMILES string of the molecule is Cc1cccc(NC(=O)c2cc(=O)c(OCc3ccccc3Cl)c[nH]2)n1. The number of H-pyrrole nitrogens is 1. The monoisotopic (exact) mass is 369 g/mol. The summed E-state index contributed by atoms with van der Waals surface area (Å²) < 4.78 is 5.50. The third-order valence-electron chi connectivity index (χ3n) is 3.59.